The van der Waals surface area contributed by atoms with Crippen molar-refractivity contribution in [1.29, 1.82) is 0 Å². The van der Waals surface area contributed by atoms with Crippen LogP contribution < -0.4 is 10.6 Å². The van der Waals surface area contributed by atoms with Crippen LogP contribution in [0, 0.1) is 0 Å². The van der Waals surface area contributed by atoms with E-state index in [1.165, 1.54) is 6.07 Å². The van der Waals surface area contributed by atoms with Gasteiger partial charge in [-0.15, -0.1) is 0 Å². The summed E-state index contributed by atoms with van der Waals surface area (Å²) in [5.74, 6) is -0.321. The fourth-order valence-corrected chi connectivity index (χ4v) is 4.14. The van der Waals surface area contributed by atoms with Gasteiger partial charge in [-0.2, -0.15) is 0 Å². The molecule has 24 heavy (non-hydrogen) atoms. The van der Waals surface area contributed by atoms with Gasteiger partial charge < -0.3 is 14.4 Å². The van der Waals surface area contributed by atoms with Crippen LogP contribution in [0.2, 0.25) is 5.02 Å². The molecule has 0 aromatic heterocycles. The second-order valence-corrected chi connectivity index (χ2v) is 7.24. The van der Waals surface area contributed by atoms with Crippen LogP contribution in [0.4, 0.5) is 5.69 Å². The summed E-state index contributed by atoms with van der Waals surface area (Å²) in [7, 11) is -3.58. The van der Waals surface area contributed by atoms with Crippen LogP contribution in [0.5, 0.6) is 0 Å². The normalized spacial score (nSPS) is 11.3. The van der Waals surface area contributed by atoms with Gasteiger partial charge in [-0.05, 0) is 44.2 Å². The molecule has 0 saturated heterocycles. The molecule has 0 radical (unpaired) electrons. The number of hydrogen-bond acceptors (Lipinski definition) is 4. The lowest BCUT2D eigenvalue weighted by Crippen LogP contribution is -2.20. The standard InChI is InChI=1S/C17H19ClNO4P/c1-3-22-24(21,23-4-2)16-12-14(18)10-11-15(16)19-17(20)13-8-6-5-7-9-13/h5-12H,3-4H2,1-2H3,(H,19,20). The van der Waals surface area contributed by atoms with Crippen LogP contribution in [0.1, 0.15) is 24.2 Å². The molecule has 0 saturated carbocycles. The van der Waals surface area contributed by atoms with E-state index in [0.29, 0.717) is 16.3 Å². The van der Waals surface area contributed by atoms with Gasteiger partial charge in [-0.1, -0.05) is 29.8 Å². The molecule has 0 aliphatic carbocycles. The average Bonchev–Trinajstić information content (AvgIpc) is 2.57. The van der Waals surface area contributed by atoms with E-state index in [9.17, 15) is 9.36 Å². The van der Waals surface area contributed by atoms with Crippen molar-refractivity contribution in [2.75, 3.05) is 18.5 Å². The van der Waals surface area contributed by atoms with Gasteiger partial charge in [0.25, 0.3) is 5.91 Å². The molecule has 0 aliphatic rings. The first-order valence-electron chi connectivity index (χ1n) is 7.55. The number of nitrogens with one attached hydrogen (secondary N) is 1. The van der Waals surface area contributed by atoms with Crippen molar-refractivity contribution in [3.63, 3.8) is 0 Å². The number of amides is 1. The molecule has 7 heteroatoms. The van der Waals surface area contributed by atoms with E-state index in [4.69, 9.17) is 20.6 Å². The van der Waals surface area contributed by atoms with Gasteiger partial charge in [0.1, 0.15) is 0 Å². The summed E-state index contributed by atoms with van der Waals surface area (Å²) >= 11 is 6.03. The van der Waals surface area contributed by atoms with E-state index in [2.05, 4.69) is 5.32 Å². The molecule has 1 N–H and O–H groups in total. The summed E-state index contributed by atoms with van der Waals surface area (Å²) in [6.45, 7) is 3.85. The summed E-state index contributed by atoms with van der Waals surface area (Å²) < 4.78 is 23.8. The Bertz CT molecular complexity index is 742. The second-order valence-electron chi connectivity index (χ2n) is 4.81. The van der Waals surface area contributed by atoms with E-state index in [0.717, 1.165) is 0 Å². The molecule has 0 bridgehead atoms. The maximum Gasteiger partial charge on any atom is 0.363 e. The molecule has 128 valence electrons. The van der Waals surface area contributed by atoms with Crippen molar-refractivity contribution in [1.82, 2.24) is 0 Å². The average molecular weight is 368 g/mol. The number of anilines is 1. The number of halogens is 1. The molecule has 2 aromatic rings. The second kappa shape index (κ2) is 8.45. The van der Waals surface area contributed by atoms with Gasteiger partial charge in [-0.3, -0.25) is 9.36 Å². The Kier molecular flexibility index (Phi) is 6.58. The molecule has 0 aliphatic heterocycles. The Labute approximate surface area is 146 Å². The zero-order valence-corrected chi connectivity index (χ0v) is 15.1. The summed E-state index contributed by atoms with van der Waals surface area (Å²) in [6.07, 6.45) is 0. The first-order valence-corrected chi connectivity index (χ1v) is 9.48. The Morgan fingerprint density at radius 1 is 1.08 bits per heavy atom. The Hall–Kier alpha value is -1.65. The van der Waals surface area contributed by atoms with E-state index in [1.54, 1.807) is 50.2 Å². The number of benzene rings is 2. The number of hydrogen-bond donors (Lipinski definition) is 1. The monoisotopic (exact) mass is 367 g/mol. The third-order valence-corrected chi connectivity index (χ3v) is 5.53. The van der Waals surface area contributed by atoms with Crippen LogP contribution in [-0.2, 0) is 13.6 Å². The van der Waals surface area contributed by atoms with Gasteiger partial charge in [0.2, 0.25) is 0 Å². The summed E-state index contributed by atoms with van der Waals surface area (Å²) in [5.41, 5.74) is 0.833. The number of rotatable bonds is 7. The van der Waals surface area contributed by atoms with Crippen LogP contribution in [-0.4, -0.2) is 19.1 Å². The zero-order chi connectivity index (χ0) is 17.6. The summed E-state index contributed by atoms with van der Waals surface area (Å²) in [6, 6.07) is 13.4. The molecular formula is C17H19ClNO4P. The van der Waals surface area contributed by atoms with Crippen LogP contribution in [0.15, 0.2) is 48.5 Å². The highest BCUT2D eigenvalue weighted by Crippen LogP contribution is 2.49. The van der Waals surface area contributed by atoms with Crippen LogP contribution >= 0.6 is 19.2 Å². The van der Waals surface area contributed by atoms with Crippen molar-refractivity contribution < 1.29 is 18.4 Å². The first-order chi connectivity index (χ1) is 11.5. The highest BCUT2D eigenvalue weighted by molar-refractivity contribution is 7.62. The molecule has 2 rings (SSSR count). The fourth-order valence-electron chi connectivity index (χ4n) is 2.14. The molecular weight excluding hydrogens is 349 g/mol. The topological polar surface area (TPSA) is 64.6 Å². The maximum atomic E-state index is 13.1. The predicted octanol–water partition coefficient (Wildman–Crippen LogP) is 4.48. The third-order valence-electron chi connectivity index (χ3n) is 3.14. The smallest absolute Gasteiger partial charge is 0.321 e. The molecule has 0 fully saturated rings. The Morgan fingerprint density at radius 3 is 2.29 bits per heavy atom. The fraction of sp³-hybridized carbons (Fsp3) is 0.235. The lowest BCUT2D eigenvalue weighted by Gasteiger charge is -2.20. The van der Waals surface area contributed by atoms with Crippen molar-refractivity contribution >= 4 is 36.1 Å². The largest absolute Gasteiger partial charge is 0.363 e. The summed E-state index contributed by atoms with van der Waals surface area (Å²) in [5, 5.41) is 3.36. The van der Waals surface area contributed by atoms with Crippen molar-refractivity contribution in [2.45, 2.75) is 13.8 Å². The molecule has 1 amide bonds. The molecule has 5 nitrogen and oxygen atoms in total. The van der Waals surface area contributed by atoms with Gasteiger partial charge in [-0.25, -0.2) is 0 Å². The molecule has 0 atom stereocenters. The lowest BCUT2D eigenvalue weighted by atomic mass is 10.2. The van der Waals surface area contributed by atoms with E-state index >= 15 is 0 Å². The van der Waals surface area contributed by atoms with Gasteiger partial charge >= 0.3 is 7.60 Å². The van der Waals surface area contributed by atoms with Crippen molar-refractivity contribution in [3.8, 4) is 0 Å². The van der Waals surface area contributed by atoms with Crippen molar-refractivity contribution in [3.05, 3.63) is 59.1 Å². The summed E-state index contributed by atoms with van der Waals surface area (Å²) in [4.78, 5) is 12.4. The molecule has 0 spiro atoms. The highest BCUT2D eigenvalue weighted by Gasteiger charge is 2.30. The minimum absolute atomic E-state index is 0.204. The van der Waals surface area contributed by atoms with E-state index in [-0.39, 0.29) is 24.4 Å². The SMILES string of the molecule is CCOP(=O)(OCC)c1cc(Cl)ccc1NC(=O)c1ccccc1. The number of carbonyl (C=O) groups is 1. The number of carbonyl (C=O) groups excluding carboxylic acids is 1. The van der Waals surface area contributed by atoms with E-state index in [1.807, 2.05) is 6.07 Å². The zero-order valence-electron chi connectivity index (χ0n) is 13.5. The van der Waals surface area contributed by atoms with Crippen molar-refractivity contribution in [2.24, 2.45) is 0 Å². The van der Waals surface area contributed by atoms with Crippen LogP contribution in [0.3, 0.4) is 0 Å². The Morgan fingerprint density at radius 2 is 1.71 bits per heavy atom. The first kappa shape index (κ1) is 18.7. The molecule has 0 heterocycles. The Balaban J connectivity index is 2.40. The van der Waals surface area contributed by atoms with Gasteiger partial charge in [0.05, 0.1) is 24.2 Å². The van der Waals surface area contributed by atoms with E-state index < -0.39 is 7.60 Å². The third kappa shape index (κ3) is 4.46. The maximum absolute atomic E-state index is 13.1. The minimum Gasteiger partial charge on any atom is -0.321 e. The van der Waals surface area contributed by atoms with Crippen LogP contribution in [0.25, 0.3) is 0 Å². The lowest BCUT2D eigenvalue weighted by molar-refractivity contribution is 0.102. The highest BCUT2D eigenvalue weighted by atomic mass is 35.5. The quantitative estimate of drug-likeness (QED) is 0.732. The minimum atomic E-state index is -3.58. The predicted molar refractivity (Wildman–Crippen MR) is 96.3 cm³/mol. The molecule has 0 unspecified atom stereocenters. The van der Waals surface area contributed by atoms with Gasteiger partial charge in [0.15, 0.2) is 0 Å². The van der Waals surface area contributed by atoms with Gasteiger partial charge in [0, 0.05) is 10.6 Å². The molecule has 2 aromatic carbocycles.